The lowest BCUT2D eigenvalue weighted by atomic mass is 10.2. The third-order valence-corrected chi connectivity index (χ3v) is 3.09. The second-order valence-corrected chi connectivity index (χ2v) is 4.62. The number of aryl methyl sites for hydroxylation is 3. The van der Waals surface area contributed by atoms with E-state index in [0.29, 0.717) is 6.54 Å². The van der Waals surface area contributed by atoms with Gasteiger partial charge in [0.2, 0.25) is 0 Å². The number of amides is 2. The predicted octanol–water partition coefficient (Wildman–Crippen LogP) is 1.05. The van der Waals surface area contributed by atoms with Crippen molar-refractivity contribution in [3.8, 4) is 0 Å². The van der Waals surface area contributed by atoms with Gasteiger partial charge in [0, 0.05) is 31.0 Å². The quantitative estimate of drug-likeness (QED) is 0.781. The Balaban J connectivity index is 2.04. The average molecular weight is 275 g/mol. The van der Waals surface area contributed by atoms with Crippen LogP contribution in [-0.2, 0) is 13.6 Å². The summed E-state index contributed by atoms with van der Waals surface area (Å²) in [5.41, 5.74) is 2.58. The van der Waals surface area contributed by atoms with E-state index in [1.54, 1.807) is 32.4 Å². The first kappa shape index (κ1) is 13.9. The van der Waals surface area contributed by atoms with Gasteiger partial charge in [0.05, 0.1) is 6.20 Å². The van der Waals surface area contributed by atoms with E-state index in [-0.39, 0.29) is 11.2 Å². The first-order chi connectivity index (χ1) is 9.49. The van der Waals surface area contributed by atoms with Crippen molar-refractivity contribution in [3.05, 3.63) is 45.6 Å². The van der Waals surface area contributed by atoms with Crippen LogP contribution in [0.25, 0.3) is 0 Å². The van der Waals surface area contributed by atoms with Gasteiger partial charge in [-0.25, -0.2) is 4.79 Å². The summed E-state index contributed by atoms with van der Waals surface area (Å²) in [5, 5.41) is 11.9. The molecule has 0 unspecified atom stereocenters. The molecule has 0 saturated carbocycles. The van der Waals surface area contributed by atoms with Crippen LogP contribution in [0, 0.1) is 13.8 Å². The molecule has 7 nitrogen and oxygen atoms in total. The number of aromatic nitrogens is 3. The third kappa shape index (κ3) is 2.87. The van der Waals surface area contributed by atoms with E-state index in [1.807, 2.05) is 6.92 Å². The first-order valence-electron chi connectivity index (χ1n) is 6.19. The summed E-state index contributed by atoms with van der Waals surface area (Å²) < 4.78 is 1.42. The molecule has 2 aromatic rings. The standard InChI is InChI=1S/C13H17N5O2/c1-8-4-5-18(3)12(19)11(8)16-13(20)14-6-10-7-15-17-9(10)2/h4-5,7H,6H2,1-3H3,(H,15,17)(H2,14,16,20). The summed E-state index contributed by atoms with van der Waals surface area (Å²) in [6.07, 6.45) is 3.32. The molecule has 0 fully saturated rings. The number of nitrogens with one attached hydrogen (secondary N) is 3. The Morgan fingerprint density at radius 1 is 1.45 bits per heavy atom. The molecule has 2 aromatic heterocycles. The average Bonchev–Trinajstić information content (AvgIpc) is 2.82. The van der Waals surface area contributed by atoms with Crippen LogP contribution in [-0.4, -0.2) is 20.8 Å². The second-order valence-electron chi connectivity index (χ2n) is 4.62. The molecule has 0 bridgehead atoms. The predicted molar refractivity (Wildman–Crippen MR) is 75.6 cm³/mol. The van der Waals surface area contributed by atoms with Gasteiger partial charge in [0.15, 0.2) is 0 Å². The van der Waals surface area contributed by atoms with Gasteiger partial charge in [-0.15, -0.1) is 0 Å². The molecule has 2 amide bonds. The van der Waals surface area contributed by atoms with Crippen molar-refractivity contribution in [2.45, 2.75) is 20.4 Å². The molecular formula is C13H17N5O2. The zero-order valence-corrected chi connectivity index (χ0v) is 11.7. The lowest BCUT2D eigenvalue weighted by Crippen LogP contribution is -2.32. The summed E-state index contributed by atoms with van der Waals surface area (Å²) in [4.78, 5) is 23.8. The van der Waals surface area contributed by atoms with Crippen molar-refractivity contribution in [2.24, 2.45) is 7.05 Å². The maximum absolute atomic E-state index is 11.9. The molecule has 0 spiro atoms. The van der Waals surface area contributed by atoms with Gasteiger partial charge in [-0.3, -0.25) is 9.89 Å². The van der Waals surface area contributed by atoms with Crippen LogP contribution in [0.3, 0.4) is 0 Å². The van der Waals surface area contributed by atoms with Gasteiger partial charge < -0.3 is 15.2 Å². The van der Waals surface area contributed by atoms with E-state index in [0.717, 1.165) is 16.8 Å². The van der Waals surface area contributed by atoms with Gasteiger partial charge in [-0.05, 0) is 25.5 Å². The fourth-order valence-corrected chi connectivity index (χ4v) is 1.76. The van der Waals surface area contributed by atoms with Crippen molar-refractivity contribution < 1.29 is 4.79 Å². The van der Waals surface area contributed by atoms with Crippen molar-refractivity contribution in [2.75, 3.05) is 5.32 Å². The second kappa shape index (κ2) is 5.60. The van der Waals surface area contributed by atoms with E-state index in [4.69, 9.17) is 0 Å². The number of carbonyl (C=O) groups excluding carboxylic acids is 1. The highest BCUT2D eigenvalue weighted by molar-refractivity contribution is 5.89. The fourth-order valence-electron chi connectivity index (χ4n) is 1.76. The number of hydrogen-bond donors (Lipinski definition) is 3. The Kier molecular flexibility index (Phi) is 3.88. The highest BCUT2D eigenvalue weighted by Gasteiger charge is 2.10. The lowest BCUT2D eigenvalue weighted by molar-refractivity contribution is 0.251. The normalized spacial score (nSPS) is 10.3. The Morgan fingerprint density at radius 2 is 2.20 bits per heavy atom. The zero-order chi connectivity index (χ0) is 14.7. The molecule has 2 heterocycles. The number of pyridine rings is 1. The number of urea groups is 1. The molecule has 0 aliphatic carbocycles. The molecule has 106 valence electrons. The largest absolute Gasteiger partial charge is 0.334 e. The Morgan fingerprint density at radius 3 is 2.85 bits per heavy atom. The van der Waals surface area contributed by atoms with Crippen molar-refractivity contribution in [1.82, 2.24) is 20.1 Å². The van der Waals surface area contributed by atoms with Gasteiger partial charge in [-0.2, -0.15) is 5.10 Å². The van der Waals surface area contributed by atoms with Gasteiger partial charge in [0.25, 0.3) is 5.56 Å². The van der Waals surface area contributed by atoms with Crippen LogP contribution in [0.1, 0.15) is 16.8 Å². The summed E-state index contributed by atoms with van der Waals surface area (Å²) in [7, 11) is 1.64. The van der Waals surface area contributed by atoms with Gasteiger partial charge in [-0.1, -0.05) is 0 Å². The van der Waals surface area contributed by atoms with Crippen LogP contribution < -0.4 is 16.2 Å². The highest BCUT2D eigenvalue weighted by atomic mass is 16.2. The minimum atomic E-state index is -0.419. The Labute approximate surface area is 116 Å². The fraction of sp³-hybridized carbons (Fsp3) is 0.308. The summed E-state index contributed by atoms with van der Waals surface area (Å²) in [6, 6.07) is 1.36. The highest BCUT2D eigenvalue weighted by Crippen LogP contribution is 2.07. The van der Waals surface area contributed by atoms with E-state index < -0.39 is 6.03 Å². The number of anilines is 1. The van der Waals surface area contributed by atoms with Crippen molar-refractivity contribution in [1.29, 1.82) is 0 Å². The Bertz CT molecular complexity index is 686. The molecule has 0 atom stereocenters. The van der Waals surface area contributed by atoms with Crippen LogP contribution in [0.4, 0.5) is 10.5 Å². The number of nitrogens with zero attached hydrogens (tertiary/aromatic N) is 2. The Hall–Kier alpha value is -2.57. The number of carbonyl (C=O) groups is 1. The summed E-state index contributed by atoms with van der Waals surface area (Å²) in [5.74, 6) is 0. The van der Waals surface area contributed by atoms with Crippen LogP contribution in [0.15, 0.2) is 23.3 Å². The molecular weight excluding hydrogens is 258 g/mol. The SMILES string of the molecule is Cc1ccn(C)c(=O)c1NC(=O)NCc1cn[nH]c1C. The number of aromatic amines is 1. The smallest absolute Gasteiger partial charge is 0.319 e. The molecule has 0 aliphatic rings. The van der Waals surface area contributed by atoms with E-state index in [1.165, 1.54) is 4.57 Å². The topological polar surface area (TPSA) is 91.8 Å². The summed E-state index contributed by atoms with van der Waals surface area (Å²) in [6.45, 7) is 4.00. The third-order valence-electron chi connectivity index (χ3n) is 3.09. The first-order valence-corrected chi connectivity index (χ1v) is 6.19. The number of rotatable bonds is 3. The minimum Gasteiger partial charge on any atom is -0.334 e. The minimum absolute atomic E-state index is 0.236. The molecule has 0 radical (unpaired) electrons. The molecule has 7 heteroatoms. The van der Waals surface area contributed by atoms with Crippen LogP contribution >= 0.6 is 0 Å². The maximum atomic E-state index is 11.9. The lowest BCUT2D eigenvalue weighted by Gasteiger charge is -2.10. The number of hydrogen-bond acceptors (Lipinski definition) is 3. The van der Waals surface area contributed by atoms with Crippen LogP contribution in [0.5, 0.6) is 0 Å². The molecule has 0 aliphatic heterocycles. The zero-order valence-electron chi connectivity index (χ0n) is 11.7. The van der Waals surface area contributed by atoms with E-state index >= 15 is 0 Å². The van der Waals surface area contributed by atoms with E-state index in [9.17, 15) is 9.59 Å². The van der Waals surface area contributed by atoms with Crippen molar-refractivity contribution in [3.63, 3.8) is 0 Å². The number of H-pyrrole nitrogens is 1. The summed E-state index contributed by atoms with van der Waals surface area (Å²) >= 11 is 0. The van der Waals surface area contributed by atoms with Gasteiger partial charge in [0.1, 0.15) is 5.69 Å². The van der Waals surface area contributed by atoms with Crippen molar-refractivity contribution >= 4 is 11.7 Å². The monoisotopic (exact) mass is 275 g/mol. The molecule has 20 heavy (non-hydrogen) atoms. The molecule has 2 rings (SSSR count). The molecule has 0 aromatic carbocycles. The molecule has 3 N–H and O–H groups in total. The van der Waals surface area contributed by atoms with E-state index in [2.05, 4.69) is 20.8 Å². The molecule has 0 saturated heterocycles. The van der Waals surface area contributed by atoms with Crippen LogP contribution in [0.2, 0.25) is 0 Å². The van der Waals surface area contributed by atoms with Gasteiger partial charge >= 0.3 is 6.03 Å². The maximum Gasteiger partial charge on any atom is 0.319 e.